The van der Waals surface area contributed by atoms with Crippen molar-refractivity contribution >= 4 is 39.5 Å². The maximum atomic E-state index is 13.2. The molecule has 0 aliphatic heterocycles. The van der Waals surface area contributed by atoms with Crippen molar-refractivity contribution in [1.29, 1.82) is 0 Å². The Morgan fingerprint density at radius 2 is 0.393 bits per heavy atom. The van der Waals surface area contributed by atoms with Crippen LogP contribution in [0.3, 0.4) is 0 Å². The number of phosphoric acid groups is 2. The molecule has 0 aromatic heterocycles. The molecule has 5 atom stereocenters. The first-order valence-electron chi connectivity index (χ1n) is 45.2. The average molecular weight is 1560 g/mol. The van der Waals surface area contributed by atoms with Crippen molar-refractivity contribution in [2.45, 2.75) is 478 Å². The third kappa shape index (κ3) is 81.9. The number of hydrogen-bond acceptors (Lipinski definition) is 15. The lowest BCUT2D eigenvalue weighted by Gasteiger charge is -2.21. The molecule has 2 unspecified atom stereocenters. The molecule has 0 rings (SSSR count). The van der Waals surface area contributed by atoms with Crippen LogP contribution >= 0.6 is 15.6 Å². The third-order valence-electron chi connectivity index (χ3n) is 20.6. The molecule has 0 aromatic rings. The maximum absolute atomic E-state index is 13.2. The number of aliphatic hydroxyl groups is 1. The minimum Gasteiger partial charge on any atom is -0.462 e. The topological polar surface area (TPSA) is 237 Å². The van der Waals surface area contributed by atoms with Gasteiger partial charge in [-0.1, -0.05) is 409 Å². The van der Waals surface area contributed by atoms with Gasteiger partial charge in [-0.05, 0) is 49.4 Å². The van der Waals surface area contributed by atoms with Crippen molar-refractivity contribution in [3.8, 4) is 0 Å². The van der Waals surface area contributed by atoms with Crippen molar-refractivity contribution in [2.75, 3.05) is 39.6 Å². The molecule has 3 N–H and O–H groups in total. The molecule has 0 spiro atoms. The first-order valence-corrected chi connectivity index (χ1v) is 48.2. The van der Waals surface area contributed by atoms with E-state index in [1.165, 1.54) is 263 Å². The summed E-state index contributed by atoms with van der Waals surface area (Å²) in [6, 6.07) is 0. The number of phosphoric ester groups is 2. The zero-order chi connectivity index (χ0) is 78.8. The summed E-state index contributed by atoms with van der Waals surface area (Å²) < 4.78 is 69.0. The van der Waals surface area contributed by atoms with E-state index in [2.05, 4.69) is 55.4 Å². The van der Waals surface area contributed by atoms with E-state index in [1.54, 1.807) is 0 Å². The number of unbranched alkanes of at least 4 members (excludes halogenated alkanes) is 51. The summed E-state index contributed by atoms with van der Waals surface area (Å²) in [6.07, 6.45) is 66.6. The highest BCUT2D eigenvalue weighted by Crippen LogP contribution is 2.45. The molecule has 19 heteroatoms. The molecule has 0 aromatic carbocycles. The fourth-order valence-corrected chi connectivity index (χ4v) is 15.3. The lowest BCUT2D eigenvalue weighted by atomic mass is 10.0. The van der Waals surface area contributed by atoms with Gasteiger partial charge in [0.2, 0.25) is 0 Å². The van der Waals surface area contributed by atoms with Crippen molar-refractivity contribution in [1.82, 2.24) is 0 Å². The predicted molar refractivity (Wildman–Crippen MR) is 441 cm³/mol. The fourth-order valence-electron chi connectivity index (χ4n) is 13.7. The predicted octanol–water partition coefficient (Wildman–Crippen LogP) is 26.7. The highest BCUT2D eigenvalue weighted by Gasteiger charge is 2.31. The van der Waals surface area contributed by atoms with Crippen LogP contribution in [-0.4, -0.2) is 96.7 Å². The quantitative estimate of drug-likeness (QED) is 0.0222. The number of hydrogen-bond donors (Lipinski definition) is 3. The van der Waals surface area contributed by atoms with Gasteiger partial charge in [-0.15, -0.1) is 0 Å². The normalized spacial score (nSPS) is 13.9. The van der Waals surface area contributed by atoms with Crippen LogP contribution in [0.4, 0.5) is 0 Å². The van der Waals surface area contributed by atoms with Gasteiger partial charge in [0.25, 0.3) is 0 Å². The van der Waals surface area contributed by atoms with Gasteiger partial charge in [0, 0.05) is 25.7 Å². The summed E-state index contributed by atoms with van der Waals surface area (Å²) in [7, 11) is -9.93. The largest absolute Gasteiger partial charge is 0.472 e. The standard InChI is InChI=1S/C88H172O17P2/c1-78(2)64-56-48-40-32-25-19-13-11-9-10-12-14-23-29-37-46-54-62-70-87(92)104-83(74-98-85(90)68-60-52-44-36-28-22-17-15-20-26-33-41-49-57-65-79(3)4)76-102-106(94,95)100-72-82(89)73-101-107(96,97)103-77-84(75-99-86(91)69-61-53-45-39-31-35-43-51-59-67-81(7)8)105-88(93)71-63-55-47-38-30-24-18-16-21-27-34-42-50-58-66-80(5)6/h78-84,89H,9-77H2,1-8H3,(H,94,95)(H,96,97)/t82-,83-,84-/m1/s1. The van der Waals surface area contributed by atoms with Gasteiger partial charge >= 0.3 is 39.5 Å². The number of esters is 4. The second kappa shape index (κ2) is 76.7. The van der Waals surface area contributed by atoms with Gasteiger partial charge < -0.3 is 33.8 Å². The summed E-state index contributed by atoms with van der Waals surface area (Å²) in [6.45, 7) is 14.4. The molecule has 0 bridgehead atoms. The van der Waals surface area contributed by atoms with E-state index in [4.69, 9.17) is 37.0 Å². The Balaban J connectivity index is 5.26. The molecule has 0 aliphatic carbocycles. The molecule has 0 heterocycles. The second-order valence-electron chi connectivity index (χ2n) is 33.5. The van der Waals surface area contributed by atoms with Gasteiger partial charge in [0.15, 0.2) is 12.2 Å². The SMILES string of the molecule is CC(C)CCCCCCCCCCCCCCCCCCCCC(=O)O[C@H](COC(=O)CCCCCCCCCCCCCCCCC(C)C)COP(=O)(O)OC[C@@H](O)COP(=O)(O)OC[C@@H](COC(=O)CCCCCCCCCCCC(C)C)OC(=O)CCCCCCCCCCCCCCCCC(C)C. The Labute approximate surface area is 658 Å². The third-order valence-corrected chi connectivity index (χ3v) is 22.5. The maximum Gasteiger partial charge on any atom is 0.472 e. The van der Waals surface area contributed by atoms with E-state index in [0.29, 0.717) is 25.7 Å². The van der Waals surface area contributed by atoms with Crippen molar-refractivity contribution in [2.24, 2.45) is 23.7 Å². The molecule has 636 valence electrons. The van der Waals surface area contributed by atoms with Crippen LogP contribution in [0.5, 0.6) is 0 Å². The molecule has 0 saturated carbocycles. The Morgan fingerprint density at radius 3 is 0.579 bits per heavy atom. The Hall–Kier alpha value is -1.94. The monoisotopic (exact) mass is 1560 g/mol. The van der Waals surface area contributed by atoms with Crippen LogP contribution < -0.4 is 0 Å². The van der Waals surface area contributed by atoms with Crippen molar-refractivity contribution in [3.05, 3.63) is 0 Å². The molecule has 17 nitrogen and oxygen atoms in total. The van der Waals surface area contributed by atoms with Crippen molar-refractivity contribution in [3.63, 3.8) is 0 Å². The average Bonchev–Trinajstić information content (AvgIpc) is 0.905. The van der Waals surface area contributed by atoms with E-state index in [-0.39, 0.29) is 25.7 Å². The van der Waals surface area contributed by atoms with Gasteiger partial charge in [-0.25, -0.2) is 9.13 Å². The molecule has 107 heavy (non-hydrogen) atoms. The minimum atomic E-state index is -4.97. The highest BCUT2D eigenvalue weighted by atomic mass is 31.2. The van der Waals surface area contributed by atoms with Gasteiger partial charge in [-0.2, -0.15) is 0 Å². The molecule has 0 aliphatic rings. The Kier molecular flexibility index (Phi) is 75.3. The number of carbonyl (C=O) groups is 4. The molecule has 0 fully saturated rings. The number of aliphatic hydroxyl groups excluding tert-OH is 1. The Bertz CT molecular complexity index is 2080. The first-order chi connectivity index (χ1) is 51.6. The number of carbonyl (C=O) groups excluding carboxylic acids is 4. The fraction of sp³-hybridized carbons (Fsp3) is 0.955. The lowest BCUT2D eigenvalue weighted by molar-refractivity contribution is -0.161. The van der Waals surface area contributed by atoms with Gasteiger partial charge in [0.05, 0.1) is 26.4 Å². The highest BCUT2D eigenvalue weighted by molar-refractivity contribution is 7.47. The smallest absolute Gasteiger partial charge is 0.462 e. The first kappa shape index (κ1) is 105. The van der Waals surface area contributed by atoms with Crippen LogP contribution in [-0.2, 0) is 65.4 Å². The van der Waals surface area contributed by atoms with E-state index in [9.17, 15) is 43.2 Å². The lowest BCUT2D eigenvalue weighted by Crippen LogP contribution is -2.30. The van der Waals surface area contributed by atoms with E-state index in [1.807, 2.05) is 0 Å². The molecular formula is C88H172O17P2. The minimum absolute atomic E-state index is 0.107. The van der Waals surface area contributed by atoms with Crippen molar-refractivity contribution < 1.29 is 80.2 Å². The number of ether oxygens (including phenoxy) is 4. The second-order valence-corrected chi connectivity index (χ2v) is 36.4. The zero-order valence-electron chi connectivity index (χ0n) is 70.8. The summed E-state index contributed by atoms with van der Waals surface area (Å²) in [5.74, 6) is 1.05. The van der Waals surface area contributed by atoms with E-state index >= 15 is 0 Å². The summed E-state index contributed by atoms with van der Waals surface area (Å²) in [5, 5.41) is 10.7. The molecule has 0 radical (unpaired) electrons. The van der Waals surface area contributed by atoms with Crippen LogP contribution in [0.1, 0.15) is 460 Å². The van der Waals surface area contributed by atoms with Crippen LogP contribution in [0.2, 0.25) is 0 Å². The summed E-state index contributed by atoms with van der Waals surface area (Å²) in [4.78, 5) is 73.3. The zero-order valence-corrected chi connectivity index (χ0v) is 72.6. The summed E-state index contributed by atoms with van der Waals surface area (Å²) >= 11 is 0. The molecule has 0 saturated heterocycles. The Morgan fingerprint density at radius 1 is 0.234 bits per heavy atom. The van der Waals surface area contributed by atoms with Crippen LogP contribution in [0.25, 0.3) is 0 Å². The summed E-state index contributed by atoms with van der Waals surface area (Å²) in [5.41, 5.74) is 0. The van der Waals surface area contributed by atoms with Crippen LogP contribution in [0.15, 0.2) is 0 Å². The van der Waals surface area contributed by atoms with Crippen LogP contribution in [0, 0.1) is 23.7 Å². The van der Waals surface area contributed by atoms with E-state index in [0.717, 1.165) is 114 Å². The van der Waals surface area contributed by atoms with Gasteiger partial charge in [-0.3, -0.25) is 37.3 Å². The van der Waals surface area contributed by atoms with Gasteiger partial charge in [0.1, 0.15) is 19.3 Å². The number of rotatable bonds is 85. The molecule has 0 amide bonds. The molecular weight excluding hydrogens is 1390 g/mol. The van der Waals surface area contributed by atoms with E-state index < -0.39 is 97.5 Å².